The van der Waals surface area contributed by atoms with Gasteiger partial charge in [0.2, 0.25) is 5.91 Å². The van der Waals surface area contributed by atoms with Crippen LogP contribution >= 0.6 is 0 Å². The molecular weight excluding hydrogens is 435 g/mol. The lowest BCUT2D eigenvalue weighted by atomic mass is 10.2. The van der Waals surface area contributed by atoms with E-state index in [1.54, 1.807) is 0 Å². The van der Waals surface area contributed by atoms with Gasteiger partial charge in [-0.1, -0.05) is 42.5 Å². The number of ether oxygens (including phenoxy) is 2. The van der Waals surface area contributed by atoms with Gasteiger partial charge in [0, 0.05) is 12.6 Å². The molecule has 0 aliphatic heterocycles. The van der Waals surface area contributed by atoms with Crippen LogP contribution in [0, 0.1) is 5.82 Å². The van der Waals surface area contributed by atoms with Gasteiger partial charge < -0.3 is 14.8 Å². The molecule has 3 rings (SSSR count). The van der Waals surface area contributed by atoms with Crippen LogP contribution < -0.4 is 19.1 Å². The molecule has 0 saturated heterocycles. The van der Waals surface area contributed by atoms with Gasteiger partial charge in [-0.25, -0.2) is 12.8 Å². The Labute approximate surface area is 186 Å². The Morgan fingerprint density at radius 2 is 1.59 bits per heavy atom. The van der Waals surface area contributed by atoms with E-state index in [2.05, 4.69) is 5.32 Å². The average Bonchev–Trinajstić information content (AvgIpc) is 2.81. The van der Waals surface area contributed by atoms with Crippen LogP contribution in [0.5, 0.6) is 11.5 Å². The third-order valence-electron chi connectivity index (χ3n) is 4.68. The van der Waals surface area contributed by atoms with Gasteiger partial charge in [-0.05, 0) is 29.8 Å². The Bertz CT molecular complexity index is 1190. The summed E-state index contributed by atoms with van der Waals surface area (Å²) in [6.45, 7) is -0.397. The molecule has 1 N–H and O–H groups in total. The second kappa shape index (κ2) is 10.1. The molecule has 0 aliphatic carbocycles. The molecule has 0 aromatic heterocycles. The number of carbonyl (C=O) groups is 1. The maximum atomic E-state index is 14.6. The van der Waals surface area contributed by atoms with E-state index in [1.807, 2.05) is 30.3 Å². The standard InChI is InChI=1S/C23H23FN2O5S/c1-30-21-13-12-18(14-22(21)31-2)32(28,29)26(20-11-7-6-10-19(20)24)16-23(27)25-15-17-8-4-3-5-9-17/h3-14H,15-16H2,1-2H3,(H,25,27). The first kappa shape index (κ1) is 23.1. The fourth-order valence-corrected chi connectivity index (χ4v) is 4.49. The summed E-state index contributed by atoms with van der Waals surface area (Å²) in [5, 5.41) is 2.67. The van der Waals surface area contributed by atoms with Crippen LogP contribution in [-0.2, 0) is 21.4 Å². The number of para-hydroxylation sites is 1. The SMILES string of the molecule is COc1ccc(S(=O)(=O)N(CC(=O)NCc2ccccc2)c2ccccc2F)cc1OC. The van der Waals surface area contributed by atoms with Crippen molar-refractivity contribution in [3.05, 3.63) is 84.2 Å². The van der Waals surface area contributed by atoms with Gasteiger partial charge in [-0.15, -0.1) is 0 Å². The van der Waals surface area contributed by atoms with Gasteiger partial charge in [-0.3, -0.25) is 9.10 Å². The van der Waals surface area contributed by atoms with Crippen molar-refractivity contribution in [2.75, 3.05) is 25.1 Å². The highest BCUT2D eigenvalue weighted by Gasteiger charge is 2.30. The lowest BCUT2D eigenvalue weighted by Crippen LogP contribution is -2.41. The zero-order valence-corrected chi connectivity index (χ0v) is 18.4. The van der Waals surface area contributed by atoms with Crippen molar-refractivity contribution in [3.63, 3.8) is 0 Å². The van der Waals surface area contributed by atoms with Crippen LogP contribution in [0.15, 0.2) is 77.7 Å². The van der Waals surface area contributed by atoms with Crippen molar-refractivity contribution >= 4 is 21.6 Å². The maximum absolute atomic E-state index is 14.6. The Balaban J connectivity index is 1.94. The Morgan fingerprint density at radius 1 is 0.938 bits per heavy atom. The molecule has 168 valence electrons. The number of sulfonamides is 1. The van der Waals surface area contributed by atoms with Crippen LogP contribution in [0.3, 0.4) is 0 Å². The number of nitrogens with zero attached hydrogens (tertiary/aromatic N) is 1. The molecule has 0 saturated carbocycles. The van der Waals surface area contributed by atoms with Gasteiger partial charge in [0.05, 0.1) is 24.8 Å². The molecule has 32 heavy (non-hydrogen) atoms. The second-order valence-electron chi connectivity index (χ2n) is 6.74. The van der Waals surface area contributed by atoms with E-state index in [0.717, 1.165) is 15.9 Å². The number of hydrogen-bond donors (Lipinski definition) is 1. The van der Waals surface area contributed by atoms with Gasteiger partial charge in [-0.2, -0.15) is 0 Å². The fourth-order valence-electron chi connectivity index (χ4n) is 3.04. The number of hydrogen-bond acceptors (Lipinski definition) is 5. The van der Waals surface area contributed by atoms with Crippen LogP contribution in [0.2, 0.25) is 0 Å². The normalized spacial score (nSPS) is 11.0. The van der Waals surface area contributed by atoms with Gasteiger partial charge >= 0.3 is 0 Å². The van der Waals surface area contributed by atoms with Crippen molar-refractivity contribution in [1.82, 2.24) is 5.32 Å². The van der Waals surface area contributed by atoms with E-state index in [1.165, 1.54) is 50.6 Å². The van der Waals surface area contributed by atoms with Crippen molar-refractivity contribution in [2.45, 2.75) is 11.4 Å². The molecule has 0 fully saturated rings. The molecule has 1 amide bonds. The van der Waals surface area contributed by atoms with Crippen molar-refractivity contribution in [2.24, 2.45) is 0 Å². The minimum Gasteiger partial charge on any atom is -0.493 e. The molecule has 0 heterocycles. The summed E-state index contributed by atoms with van der Waals surface area (Å²) < 4.78 is 52.5. The lowest BCUT2D eigenvalue weighted by molar-refractivity contribution is -0.119. The number of nitrogens with one attached hydrogen (secondary N) is 1. The molecular formula is C23H23FN2O5S. The van der Waals surface area contributed by atoms with Crippen molar-refractivity contribution < 1.29 is 27.1 Å². The quantitative estimate of drug-likeness (QED) is 0.532. The molecule has 0 atom stereocenters. The molecule has 0 unspecified atom stereocenters. The minimum absolute atomic E-state index is 0.172. The van der Waals surface area contributed by atoms with Crippen LogP contribution in [0.1, 0.15) is 5.56 Å². The van der Waals surface area contributed by atoms with Crippen molar-refractivity contribution in [1.29, 1.82) is 0 Å². The topological polar surface area (TPSA) is 84.9 Å². The van der Waals surface area contributed by atoms with Crippen LogP contribution in [-0.4, -0.2) is 35.1 Å². The first-order valence-electron chi connectivity index (χ1n) is 9.66. The summed E-state index contributed by atoms with van der Waals surface area (Å²) in [4.78, 5) is 12.5. The summed E-state index contributed by atoms with van der Waals surface area (Å²) >= 11 is 0. The maximum Gasteiger partial charge on any atom is 0.265 e. The molecule has 9 heteroatoms. The Kier molecular flexibility index (Phi) is 7.32. The molecule has 7 nitrogen and oxygen atoms in total. The highest BCUT2D eigenvalue weighted by Crippen LogP contribution is 2.32. The monoisotopic (exact) mass is 458 g/mol. The number of methoxy groups -OCH3 is 2. The lowest BCUT2D eigenvalue weighted by Gasteiger charge is -2.25. The van der Waals surface area contributed by atoms with Gasteiger partial charge in [0.15, 0.2) is 11.5 Å². The van der Waals surface area contributed by atoms with E-state index in [9.17, 15) is 17.6 Å². The van der Waals surface area contributed by atoms with E-state index in [0.29, 0.717) is 5.75 Å². The third kappa shape index (κ3) is 5.17. The Morgan fingerprint density at radius 3 is 2.25 bits per heavy atom. The first-order valence-corrected chi connectivity index (χ1v) is 11.1. The highest BCUT2D eigenvalue weighted by molar-refractivity contribution is 7.92. The first-order chi connectivity index (χ1) is 15.4. The molecule has 3 aromatic carbocycles. The zero-order valence-electron chi connectivity index (χ0n) is 17.6. The van der Waals surface area contributed by atoms with Gasteiger partial charge in [0.25, 0.3) is 10.0 Å². The molecule has 0 radical (unpaired) electrons. The van der Waals surface area contributed by atoms with Crippen molar-refractivity contribution in [3.8, 4) is 11.5 Å². The van der Waals surface area contributed by atoms with Crippen LogP contribution in [0.4, 0.5) is 10.1 Å². The molecule has 0 bridgehead atoms. The largest absolute Gasteiger partial charge is 0.493 e. The number of anilines is 1. The van der Waals surface area contributed by atoms with E-state index in [4.69, 9.17) is 9.47 Å². The average molecular weight is 459 g/mol. The number of benzene rings is 3. The minimum atomic E-state index is -4.32. The van der Waals surface area contributed by atoms with E-state index >= 15 is 0 Å². The summed E-state index contributed by atoms with van der Waals surface area (Å²) in [6.07, 6.45) is 0. The molecule has 0 aliphatic rings. The Hall–Kier alpha value is -3.59. The number of halogens is 1. The number of amides is 1. The molecule has 0 spiro atoms. The summed E-state index contributed by atoms with van der Waals surface area (Å²) in [5.74, 6) is -0.825. The summed E-state index contributed by atoms with van der Waals surface area (Å²) in [6, 6.07) is 18.5. The summed E-state index contributed by atoms with van der Waals surface area (Å²) in [5.41, 5.74) is 0.609. The van der Waals surface area contributed by atoms with Crippen LogP contribution in [0.25, 0.3) is 0 Å². The summed E-state index contributed by atoms with van der Waals surface area (Å²) in [7, 11) is -1.52. The second-order valence-corrected chi connectivity index (χ2v) is 8.60. The predicted octanol–water partition coefficient (Wildman–Crippen LogP) is 3.35. The van der Waals surface area contributed by atoms with E-state index < -0.39 is 28.3 Å². The zero-order chi connectivity index (χ0) is 23.1. The number of carbonyl (C=O) groups excluding carboxylic acids is 1. The third-order valence-corrected chi connectivity index (χ3v) is 6.44. The van der Waals surface area contributed by atoms with E-state index in [-0.39, 0.29) is 22.9 Å². The van der Waals surface area contributed by atoms with Gasteiger partial charge in [0.1, 0.15) is 12.4 Å². The number of rotatable bonds is 9. The molecule has 3 aromatic rings. The highest BCUT2D eigenvalue weighted by atomic mass is 32.2. The predicted molar refractivity (Wildman–Crippen MR) is 119 cm³/mol. The fraction of sp³-hybridized carbons (Fsp3) is 0.174. The smallest absolute Gasteiger partial charge is 0.265 e.